The van der Waals surface area contributed by atoms with Gasteiger partial charge < -0.3 is 29.1 Å². The largest absolute Gasteiger partial charge is 0.493 e. The summed E-state index contributed by atoms with van der Waals surface area (Å²) in [6.45, 7) is 6.47. The van der Waals surface area contributed by atoms with Gasteiger partial charge in [0.05, 0.1) is 19.6 Å². The van der Waals surface area contributed by atoms with Crippen molar-refractivity contribution in [3.8, 4) is 29.1 Å². The molecule has 1 aliphatic heterocycles. The second-order valence-electron chi connectivity index (χ2n) is 9.83. The highest BCUT2D eigenvalue weighted by molar-refractivity contribution is 9.10. The summed E-state index contributed by atoms with van der Waals surface area (Å²) in [6, 6.07) is 18.2. The Hall–Kier alpha value is -4.42. The maximum atomic E-state index is 13.0. The smallest absolute Gasteiger partial charge is 0.379 e. The molecule has 0 aliphatic carbocycles. The number of aryl methyl sites for hydroxylation is 1. The molecule has 9 heteroatoms. The number of nitrogens with zero attached hydrogens (tertiary/aromatic N) is 1. The van der Waals surface area contributed by atoms with Crippen molar-refractivity contribution in [1.82, 2.24) is 0 Å². The number of nitriles is 1. The van der Waals surface area contributed by atoms with E-state index in [9.17, 15) is 10.1 Å². The van der Waals surface area contributed by atoms with Gasteiger partial charge in [-0.3, -0.25) is 0 Å². The molecule has 0 saturated carbocycles. The molecular formula is C31H27BrN2O6. The number of furan rings is 1. The number of fused-ring (bicyclic) bond motifs is 2. The summed E-state index contributed by atoms with van der Waals surface area (Å²) < 4.78 is 29.6. The number of methoxy groups -OCH3 is 1. The van der Waals surface area contributed by atoms with Crippen molar-refractivity contribution in [3.63, 3.8) is 0 Å². The first kappa shape index (κ1) is 27.2. The third kappa shape index (κ3) is 5.10. The molecule has 2 N–H and O–H groups in total. The van der Waals surface area contributed by atoms with E-state index in [0.29, 0.717) is 46.5 Å². The van der Waals surface area contributed by atoms with Crippen LogP contribution in [-0.2, 0) is 0 Å². The first-order valence-electron chi connectivity index (χ1n) is 12.6. The van der Waals surface area contributed by atoms with Gasteiger partial charge in [0.25, 0.3) is 0 Å². The average Bonchev–Trinajstić information content (AvgIpc) is 3.26. The van der Waals surface area contributed by atoms with E-state index in [-0.39, 0.29) is 23.0 Å². The van der Waals surface area contributed by atoms with Crippen LogP contribution in [0.3, 0.4) is 0 Å². The van der Waals surface area contributed by atoms with Crippen LogP contribution in [0.5, 0.6) is 23.0 Å². The molecule has 1 unspecified atom stereocenters. The van der Waals surface area contributed by atoms with Crippen molar-refractivity contribution < 1.29 is 28.2 Å². The molecule has 40 heavy (non-hydrogen) atoms. The number of ether oxygens (including phenoxy) is 4. The van der Waals surface area contributed by atoms with Crippen LogP contribution in [0.15, 0.2) is 74.9 Å². The molecular weight excluding hydrogens is 576 g/mol. The van der Waals surface area contributed by atoms with Crippen LogP contribution in [0.4, 0.5) is 0 Å². The summed E-state index contributed by atoms with van der Waals surface area (Å²) in [5.41, 5.74) is 9.17. The highest BCUT2D eigenvalue weighted by Gasteiger charge is 2.32. The summed E-state index contributed by atoms with van der Waals surface area (Å²) >= 11 is 3.44. The van der Waals surface area contributed by atoms with Gasteiger partial charge in [-0.05, 0) is 54.8 Å². The van der Waals surface area contributed by atoms with Gasteiger partial charge in [-0.1, -0.05) is 41.9 Å². The minimum absolute atomic E-state index is 0.0266. The summed E-state index contributed by atoms with van der Waals surface area (Å²) in [7, 11) is 1.57. The van der Waals surface area contributed by atoms with Crippen molar-refractivity contribution in [2.24, 2.45) is 11.7 Å². The van der Waals surface area contributed by atoms with Gasteiger partial charge in [0.1, 0.15) is 28.7 Å². The van der Waals surface area contributed by atoms with Crippen LogP contribution in [0, 0.1) is 24.2 Å². The first-order chi connectivity index (χ1) is 19.2. The van der Waals surface area contributed by atoms with Gasteiger partial charge >= 0.3 is 5.97 Å². The number of carbonyl (C=O) groups is 1. The normalized spacial score (nSPS) is 14.5. The number of hydrogen-bond donors (Lipinski definition) is 1. The van der Waals surface area contributed by atoms with Crippen molar-refractivity contribution in [1.29, 1.82) is 5.26 Å². The lowest BCUT2D eigenvalue weighted by molar-refractivity contribution is 0.0702. The van der Waals surface area contributed by atoms with E-state index in [1.54, 1.807) is 38.3 Å². The topological polar surface area (TPSA) is 117 Å². The molecule has 1 aliphatic rings. The summed E-state index contributed by atoms with van der Waals surface area (Å²) in [5.74, 6) is 1.04. The van der Waals surface area contributed by atoms with Crippen molar-refractivity contribution in [2.75, 3.05) is 13.7 Å². The molecule has 0 radical (unpaired) electrons. The molecule has 8 nitrogen and oxygen atoms in total. The number of rotatable bonds is 7. The highest BCUT2D eigenvalue weighted by Crippen LogP contribution is 2.45. The monoisotopic (exact) mass is 602 g/mol. The standard InChI is InChI=1S/C31H27BrN2O6/c1-16(2)15-37-25-9-5-18(11-27(25)36-4)28-21-8-7-20(13-26(21)40-30(34)23(28)14-33)38-31(35)29-17(3)22-12-19(32)6-10-24(22)39-29/h5-13,16,28H,15,34H2,1-4H3. The number of nitrogens with two attached hydrogens (primary N) is 1. The fourth-order valence-electron chi connectivity index (χ4n) is 4.62. The predicted molar refractivity (Wildman–Crippen MR) is 153 cm³/mol. The fraction of sp³-hybridized carbons (Fsp3) is 0.226. The van der Waals surface area contributed by atoms with E-state index < -0.39 is 11.9 Å². The Morgan fingerprint density at radius 3 is 2.65 bits per heavy atom. The molecule has 0 fully saturated rings. The third-order valence-electron chi connectivity index (χ3n) is 6.58. The number of carbonyl (C=O) groups excluding carboxylic acids is 1. The highest BCUT2D eigenvalue weighted by atomic mass is 79.9. The van der Waals surface area contributed by atoms with E-state index in [4.69, 9.17) is 29.1 Å². The van der Waals surface area contributed by atoms with Gasteiger partial charge in [0.15, 0.2) is 11.5 Å². The number of halogens is 1. The van der Waals surface area contributed by atoms with Crippen LogP contribution in [0.2, 0.25) is 0 Å². The van der Waals surface area contributed by atoms with Crippen molar-refractivity contribution >= 4 is 32.9 Å². The lowest BCUT2D eigenvalue weighted by atomic mass is 9.83. The Morgan fingerprint density at radius 2 is 1.93 bits per heavy atom. The molecule has 4 aromatic rings. The van der Waals surface area contributed by atoms with Gasteiger partial charge in [0, 0.05) is 27.1 Å². The van der Waals surface area contributed by atoms with Crippen LogP contribution in [-0.4, -0.2) is 19.7 Å². The van der Waals surface area contributed by atoms with Crippen LogP contribution >= 0.6 is 15.9 Å². The quantitative estimate of drug-likeness (QED) is 0.178. The van der Waals surface area contributed by atoms with Gasteiger partial charge in [0.2, 0.25) is 11.6 Å². The lowest BCUT2D eigenvalue weighted by Gasteiger charge is -2.27. The molecule has 204 valence electrons. The zero-order valence-electron chi connectivity index (χ0n) is 22.4. The molecule has 0 saturated heterocycles. The van der Waals surface area contributed by atoms with Crippen molar-refractivity contribution in [3.05, 3.63) is 93.0 Å². The molecule has 5 rings (SSSR count). The van der Waals surface area contributed by atoms with E-state index in [2.05, 4.69) is 35.8 Å². The Labute approximate surface area is 240 Å². The Morgan fingerprint density at radius 1 is 1.12 bits per heavy atom. The Balaban J connectivity index is 1.47. The van der Waals surface area contributed by atoms with Gasteiger partial charge in [-0.25, -0.2) is 4.79 Å². The minimum atomic E-state index is -0.639. The Kier molecular flexibility index (Phi) is 7.46. The number of benzene rings is 3. The predicted octanol–water partition coefficient (Wildman–Crippen LogP) is 6.98. The van der Waals surface area contributed by atoms with Gasteiger partial charge in [-0.15, -0.1) is 0 Å². The Bertz CT molecular complexity index is 1700. The van der Waals surface area contributed by atoms with Gasteiger partial charge in [-0.2, -0.15) is 5.26 Å². The van der Waals surface area contributed by atoms with Crippen LogP contribution in [0.1, 0.15) is 47.0 Å². The second-order valence-corrected chi connectivity index (χ2v) is 10.7. The molecule has 1 aromatic heterocycles. The summed E-state index contributed by atoms with van der Waals surface area (Å²) in [4.78, 5) is 13.0. The maximum Gasteiger partial charge on any atom is 0.379 e. The average molecular weight is 603 g/mol. The lowest BCUT2D eigenvalue weighted by Crippen LogP contribution is -2.21. The first-order valence-corrected chi connectivity index (χ1v) is 13.4. The van der Waals surface area contributed by atoms with E-state index in [1.807, 2.05) is 30.3 Å². The van der Waals surface area contributed by atoms with E-state index in [1.165, 1.54) is 0 Å². The number of allylic oxidation sites excluding steroid dienone is 1. The molecule has 0 bridgehead atoms. The fourth-order valence-corrected chi connectivity index (χ4v) is 4.98. The zero-order valence-corrected chi connectivity index (χ0v) is 24.0. The molecule has 1 atom stereocenters. The number of esters is 1. The van der Waals surface area contributed by atoms with Crippen molar-refractivity contribution in [2.45, 2.75) is 26.7 Å². The third-order valence-corrected chi connectivity index (χ3v) is 7.07. The summed E-state index contributed by atoms with van der Waals surface area (Å²) in [5, 5.41) is 10.8. The second kappa shape index (κ2) is 11.0. The zero-order chi connectivity index (χ0) is 28.6. The molecule has 2 heterocycles. The van der Waals surface area contributed by atoms with E-state index >= 15 is 0 Å². The van der Waals surface area contributed by atoms with Crippen LogP contribution in [0.25, 0.3) is 11.0 Å². The molecule has 0 amide bonds. The minimum Gasteiger partial charge on any atom is -0.493 e. The van der Waals surface area contributed by atoms with E-state index in [0.717, 1.165) is 15.4 Å². The SMILES string of the molecule is COc1cc(C2C(C#N)=C(N)Oc3cc(OC(=O)c4oc5ccc(Br)cc5c4C)ccc32)ccc1OCC(C)C. The maximum absolute atomic E-state index is 13.0. The molecule has 3 aromatic carbocycles. The number of hydrogen-bond acceptors (Lipinski definition) is 8. The molecule has 0 spiro atoms. The summed E-state index contributed by atoms with van der Waals surface area (Å²) in [6.07, 6.45) is 0. The van der Waals surface area contributed by atoms with Crippen LogP contribution < -0.4 is 24.7 Å².